The van der Waals surface area contributed by atoms with Crippen molar-refractivity contribution in [1.29, 1.82) is 0 Å². The van der Waals surface area contributed by atoms with Crippen LogP contribution in [0.2, 0.25) is 0 Å². The van der Waals surface area contributed by atoms with Gasteiger partial charge in [-0.05, 0) is 11.8 Å². The Hall–Kier alpha value is -0.770. The average molecular weight is 150 g/mol. The molecule has 1 atom stereocenters. The lowest BCUT2D eigenvalue weighted by Crippen LogP contribution is -2.30. The van der Waals surface area contributed by atoms with Crippen LogP contribution in [0.15, 0.2) is 0 Å². The lowest BCUT2D eigenvalue weighted by atomic mass is 9.69. The van der Waals surface area contributed by atoms with E-state index in [0.717, 1.165) is 6.42 Å². The number of carbonyl (C=O) groups excluding carboxylic acids is 1. The van der Waals surface area contributed by atoms with Crippen LogP contribution in [0.1, 0.15) is 33.1 Å². The Morgan fingerprint density at radius 1 is 1.64 bits per heavy atom. The molecule has 0 heterocycles. The number of carbonyl (C=O) groups is 1. The van der Waals surface area contributed by atoms with Crippen LogP contribution >= 0.6 is 0 Å². The molecule has 1 rings (SSSR count). The van der Waals surface area contributed by atoms with Gasteiger partial charge in [-0.25, -0.2) is 0 Å². The molecule has 1 aliphatic rings. The van der Waals surface area contributed by atoms with E-state index in [4.69, 9.17) is 6.42 Å². The minimum atomic E-state index is 0.156. The monoisotopic (exact) mass is 150 g/mol. The fraction of sp³-hybridized carbons (Fsp3) is 0.700. The van der Waals surface area contributed by atoms with Gasteiger partial charge in [-0.2, -0.15) is 0 Å². The Morgan fingerprint density at radius 3 is 2.73 bits per heavy atom. The summed E-state index contributed by atoms with van der Waals surface area (Å²) in [5.41, 5.74) is 0.169. The van der Waals surface area contributed by atoms with Gasteiger partial charge < -0.3 is 0 Å². The molecule has 0 N–H and O–H groups in total. The van der Waals surface area contributed by atoms with Crippen molar-refractivity contribution in [1.82, 2.24) is 0 Å². The topological polar surface area (TPSA) is 17.1 Å². The molecule has 11 heavy (non-hydrogen) atoms. The summed E-state index contributed by atoms with van der Waals surface area (Å²) in [7, 11) is 0. The van der Waals surface area contributed by atoms with Gasteiger partial charge in [0, 0.05) is 18.8 Å². The van der Waals surface area contributed by atoms with E-state index in [2.05, 4.69) is 19.8 Å². The molecule has 60 valence electrons. The smallest absolute Gasteiger partial charge is 0.134 e. The van der Waals surface area contributed by atoms with Gasteiger partial charge in [-0.15, -0.1) is 12.3 Å². The number of hydrogen-bond donors (Lipinski definition) is 0. The van der Waals surface area contributed by atoms with Crippen LogP contribution in [0.25, 0.3) is 0 Å². The molecule has 1 heteroatoms. The molecule has 0 aromatic heterocycles. The summed E-state index contributed by atoms with van der Waals surface area (Å²) in [6.45, 7) is 4.29. The summed E-state index contributed by atoms with van der Waals surface area (Å²) < 4.78 is 0. The molecule has 1 saturated carbocycles. The second-order valence-corrected chi connectivity index (χ2v) is 3.95. The van der Waals surface area contributed by atoms with E-state index in [1.54, 1.807) is 0 Å². The second-order valence-electron chi connectivity index (χ2n) is 3.95. The Bertz CT molecular complexity index is 207. The van der Waals surface area contributed by atoms with Gasteiger partial charge in [-0.3, -0.25) is 4.79 Å². The first-order valence-electron chi connectivity index (χ1n) is 4.04. The highest BCUT2D eigenvalue weighted by Gasteiger charge is 2.34. The third-order valence-electron chi connectivity index (χ3n) is 2.62. The van der Waals surface area contributed by atoms with Crippen molar-refractivity contribution in [3.63, 3.8) is 0 Å². The zero-order valence-corrected chi connectivity index (χ0v) is 7.18. The fourth-order valence-electron chi connectivity index (χ4n) is 1.53. The SMILES string of the molecule is C#CC1CC(=O)CCC1(C)C. The summed E-state index contributed by atoms with van der Waals surface area (Å²) in [4.78, 5) is 11.0. The Balaban J connectivity index is 2.73. The van der Waals surface area contributed by atoms with Crippen LogP contribution < -0.4 is 0 Å². The van der Waals surface area contributed by atoms with E-state index in [-0.39, 0.29) is 11.3 Å². The van der Waals surface area contributed by atoms with E-state index in [1.807, 2.05) is 0 Å². The van der Waals surface area contributed by atoms with Gasteiger partial charge in [0.1, 0.15) is 5.78 Å². The highest BCUT2D eigenvalue weighted by atomic mass is 16.1. The van der Waals surface area contributed by atoms with E-state index < -0.39 is 0 Å². The first-order valence-corrected chi connectivity index (χ1v) is 4.04. The van der Waals surface area contributed by atoms with Crippen molar-refractivity contribution >= 4 is 5.78 Å². The highest BCUT2D eigenvalue weighted by Crippen LogP contribution is 2.38. The van der Waals surface area contributed by atoms with E-state index >= 15 is 0 Å². The summed E-state index contributed by atoms with van der Waals surface area (Å²) >= 11 is 0. The number of terminal acetylenes is 1. The van der Waals surface area contributed by atoms with Crippen molar-refractivity contribution in [2.24, 2.45) is 11.3 Å². The average Bonchev–Trinajstić information content (AvgIpc) is 1.94. The third-order valence-corrected chi connectivity index (χ3v) is 2.62. The van der Waals surface area contributed by atoms with Crippen LogP contribution in [-0.4, -0.2) is 5.78 Å². The van der Waals surface area contributed by atoms with Crippen LogP contribution in [0.5, 0.6) is 0 Å². The van der Waals surface area contributed by atoms with Gasteiger partial charge >= 0.3 is 0 Å². The Morgan fingerprint density at radius 2 is 2.27 bits per heavy atom. The molecule has 0 radical (unpaired) electrons. The summed E-state index contributed by atoms with van der Waals surface area (Å²) in [6.07, 6.45) is 7.58. The maximum atomic E-state index is 11.0. The molecule has 1 nitrogen and oxygen atoms in total. The van der Waals surface area contributed by atoms with Gasteiger partial charge in [0.2, 0.25) is 0 Å². The lowest BCUT2D eigenvalue weighted by Gasteiger charge is -2.34. The second kappa shape index (κ2) is 2.70. The van der Waals surface area contributed by atoms with E-state index in [0.29, 0.717) is 18.6 Å². The number of rotatable bonds is 0. The van der Waals surface area contributed by atoms with Crippen molar-refractivity contribution in [2.75, 3.05) is 0 Å². The maximum absolute atomic E-state index is 11.0. The molecule has 0 aliphatic heterocycles. The van der Waals surface area contributed by atoms with Gasteiger partial charge in [0.15, 0.2) is 0 Å². The minimum Gasteiger partial charge on any atom is -0.300 e. The molecule has 1 aliphatic carbocycles. The quantitative estimate of drug-likeness (QED) is 0.483. The summed E-state index contributed by atoms with van der Waals surface area (Å²) in [5.74, 6) is 3.19. The fourth-order valence-corrected chi connectivity index (χ4v) is 1.53. The standard InChI is InChI=1S/C10H14O/c1-4-8-7-9(11)5-6-10(8,2)3/h1,8H,5-7H2,2-3H3. The predicted octanol–water partition coefficient (Wildman–Crippen LogP) is 2.02. The summed E-state index contributed by atoms with van der Waals surface area (Å²) in [5, 5.41) is 0. The van der Waals surface area contributed by atoms with Crippen molar-refractivity contribution in [3.8, 4) is 12.3 Å². The molecule has 1 unspecified atom stereocenters. The molecule has 0 aromatic rings. The number of Topliss-reactive ketones (excluding diaryl/α,β-unsaturated/α-hetero) is 1. The van der Waals surface area contributed by atoms with Crippen LogP contribution in [0, 0.1) is 23.7 Å². The van der Waals surface area contributed by atoms with Crippen LogP contribution in [0.3, 0.4) is 0 Å². The largest absolute Gasteiger partial charge is 0.300 e. The number of ketones is 1. The number of hydrogen-bond acceptors (Lipinski definition) is 1. The first-order chi connectivity index (χ1) is 5.06. The van der Waals surface area contributed by atoms with Crippen molar-refractivity contribution in [3.05, 3.63) is 0 Å². The van der Waals surface area contributed by atoms with Crippen LogP contribution in [-0.2, 0) is 4.79 Å². The lowest BCUT2D eigenvalue weighted by molar-refractivity contribution is -0.123. The zero-order chi connectivity index (χ0) is 8.48. The minimum absolute atomic E-state index is 0.156. The zero-order valence-electron chi connectivity index (χ0n) is 7.18. The predicted molar refractivity (Wildman–Crippen MR) is 45.0 cm³/mol. The Kier molecular flexibility index (Phi) is 2.04. The first kappa shape index (κ1) is 8.33. The van der Waals surface area contributed by atoms with Crippen molar-refractivity contribution < 1.29 is 4.79 Å². The molecular weight excluding hydrogens is 136 g/mol. The normalized spacial score (nSPS) is 29.5. The molecule has 0 aromatic carbocycles. The van der Waals surface area contributed by atoms with Crippen molar-refractivity contribution in [2.45, 2.75) is 33.1 Å². The maximum Gasteiger partial charge on any atom is 0.134 e. The van der Waals surface area contributed by atoms with Gasteiger partial charge in [-0.1, -0.05) is 13.8 Å². The van der Waals surface area contributed by atoms with Gasteiger partial charge in [0.05, 0.1) is 0 Å². The molecular formula is C10H14O. The Labute approximate surface area is 68.2 Å². The van der Waals surface area contributed by atoms with E-state index in [1.165, 1.54) is 0 Å². The van der Waals surface area contributed by atoms with Gasteiger partial charge in [0.25, 0.3) is 0 Å². The molecule has 0 spiro atoms. The van der Waals surface area contributed by atoms with Crippen LogP contribution in [0.4, 0.5) is 0 Å². The molecule has 0 amide bonds. The molecule has 0 bridgehead atoms. The third kappa shape index (κ3) is 1.63. The summed E-state index contributed by atoms with van der Waals surface area (Å²) in [6, 6.07) is 0. The molecule has 0 saturated heterocycles. The highest BCUT2D eigenvalue weighted by molar-refractivity contribution is 5.80. The van der Waals surface area contributed by atoms with E-state index in [9.17, 15) is 4.79 Å². The molecule has 1 fully saturated rings.